The highest BCUT2D eigenvalue weighted by Crippen LogP contribution is 2.26. The first-order valence-electron chi connectivity index (χ1n) is 8.83. The average Bonchev–Trinajstić information content (AvgIpc) is 3.25. The maximum atomic E-state index is 4.78. The van der Waals surface area contributed by atoms with Crippen molar-refractivity contribution in [3.05, 3.63) is 66.1 Å². The molecule has 0 aliphatic heterocycles. The molecule has 6 nitrogen and oxygen atoms in total. The summed E-state index contributed by atoms with van der Waals surface area (Å²) in [6.45, 7) is 4.15. The molecule has 1 atom stereocenters. The van der Waals surface area contributed by atoms with Crippen LogP contribution in [0.1, 0.15) is 30.8 Å². The van der Waals surface area contributed by atoms with Gasteiger partial charge in [0.2, 0.25) is 0 Å². The third-order valence-corrected chi connectivity index (χ3v) is 4.57. The zero-order valence-electron chi connectivity index (χ0n) is 15.2. The highest BCUT2D eigenvalue weighted by molar-refractivity contribution is 5.66. The standard InChI is InChI=1S/C20H22N6/c1-4-16(18-10-11-21-25(18)3)22-20-13-17(15-8-6-5-7-9-15)23-19-12-14(2)24-26(19)20/h5-13,16,22H,4H2,1-3H3. The number of aryl methyl sites for hydroxylation is 2. The van der Waals surface area contributed by atoms with Gasteiger partial charge < -0.3 is 5.32 Å². The first-order chi connectivity index (χ1) is 12.7. The number of hydrogen-bond donors (Lipinski definition) is 1. The van der Waals surface area contributed by atoms with Crippen molar-refractivity contribution in [3.8, 4) is 11.3 Å². The molecule has 132 valence electrons. The lowest BCUT2D eigenvalue weighted by atomic mass is 10.1. The predicted octanol–water partition coefficient (Wildman–Crippen LogP) is 4.00. The number of nitrogens with zero attached hydrogens (tertiary/aromatic N) is 5. The van der Waals surface area contributed by atoms with Crippen molar-refractivity contribution in [1.29, 1.82) is 0 Å². The number of rotatable bonds is 5. The molecule has 0 saturated carbocycles. The van der Waals surface area contributed by atoms with Gasteiger partial charge in [0.25, 0.3) is 0 Å². The molecule has 3 heterocycles. The average molecular weight is 346 g/mol. The molecule has 1 N–H and O–H groups in total. The Morgan fingerprint density at radius 1 is 1.12 bits per heavy atom. The zero-order valence-corrected chi connectivity index (χ0v) is 15.2. The molecule has 26 heavy (non-hydrogen) atoms. The summed E-state index contributed by atoms with van der Waals surface area (Å²) in [4.78, 5) is 4.78. The van der Waals surface area contributed by atoms with Gasteiger partial charge in [0, 0.05) is 30.9 Å². The van der Waals surface area contributed by atoms with Crippen LogP contribution in [0.25, 0.3) is 16.9 Å². The Bertz CT molecular complexity index is 1030. The van der Waals surface area contributed by atoms with Crippen molar-refractivity contribution in [2.75, 3.05) is 5.32 Å². The van der Waals surface area contributed by atoms with E-state index in [1.807, 2.05) is 59.7 Å². The van der Waals surface area contributed by atoms with E-state index in [2.05, 4.69) is 40.6 Å². The Kier molecular flexibility index (Phi) is 4.16. The van der Waals surface area contributed by atoms with Crippen molar-refractivity contribution in [2.24, 2.45) is 7.05 Å². The second-order valence-corrected chi connectivity index (χ2v) is 6.43. The molecule has 0 fully saturated rings. The summed E-state index contributed by atoms with van der Waals surface area (Å²) in [5.41, 5.74) is 4.94. The lowest BCUT2D eigenvalue weighted by Gasteiger charge is -2.19. The van der Waals surface area contributed by atoms with E-state index in [4.69, 9.17) is 4.98 Å². The van der Waals surface area contributed by atoms with Crippen molar-refractivity contribution in [2.45, 2.75) is 26.3 Å². The number of benzene rings is 1. The van der Waals surface area contributed by atoms with Crippen LogP contribution >= 0.6 is 0 Å². The van der Waals surface area contributed by atoms with Gasteiger partial charge in [-0.05, 0) is 19.4 Å². The molecule has 0 amide bonds. The molecule has 4 aromatic rings. The van der Waals surface area contributed by atoms with Gasteiger partial charge in [0.1, 0.15) is 5.82 Å². The number of aromatic nitrogens is 5. The van der Waals surface area contributed by atoms with Crippen molar-refractivity contribution >= 4 is 11.5 Å². The molecule has 0 aliphatic rings. The van der Waals surface area contributed by atoms with Crippen LogP contribution in [-0.4, -0.2) is 24.4 Å². The van der Waals surface area contributed by atoms with E-state index in [0.29, 0.717) is 0 Å². The van der Waals surface area contributed by atoms with E-state index >= 15 is 0 Å². The van der Waals surface area contributed by atoms with Gasteiger partial charge in [-0.1, -0.05) is 37.3 Å². The molecular weight excluding hydrogens is 324 g/mol. The summed E-state index contributed by atoms with van der Waals surface area (Å²) in [6.07, 6.45) is 2.76. The van der Waals surface area contributed by atoms with Crippen LogP contribution in [0.3, 0.4) is 0 Å². The number of hydrogen-bond acceptors (Lipinski definition) is 4. The Morgan fingerprint density at radius 3 is 2.62 bits per heavy atom. The van der Waals surface area contributed by atoms with E-state index < -0.39 is 0 Å². The van der Waals surface area contributed by atoms with Gasteiger partial charge in [-0.25, -0.2) is 4.98 Å². The van der Waals surface area contributed by atoms with E-state index in [0.717, 1.165) is 40.5 Å². The fourth-order valence-corrected chi connectivity index (χ4v) is 3.24. The lowest BCUT2D eigenvalue weighted by Crippen LogP contribution is -2.16. The van der Waals surface area contributed by atoms with Crippen molar-refractivity contribution in [3.63, 3.8) is 0 Å². The molecule has 1 aromatic carbocycles. The van der Waals surface area contributed by atoms with Crippen LogP contribution < -0.4 is 5.32 Å². The van der Waals surface area contributed by atoms with Crippen LogP contribution in [0, 0.1) is 6.92 Å². The molecule has 0 bridgehead atoms. The molecule has 3 aromatic heterocycles. The highest BCUT2D eigenvalue weighted by Gasteiger charge is 2.16. The summed E-state index contributed by atoms with van der Waals surface area (Å²) in [6, 6.07) is 16.5. The largest absolute Gasteiger partial charge is 0.362 e. The normalized spacial score (nSPS) is 12.4. The molecular formula is C20H22N6. The lowest BCUT2D eigenvalue weighted by molar-refractivity contribution is 0.629. The molecule has 4 rings (SSSR count). The number of fused-ring (bicyclic) bond motifs is 1. The molecule has 6 heteroatoms. The minimum Gasteiger partial charge on any atom is -0.362 e. The van der Waals surface area contributed by atoms with Gasteiger partial charge in [-0.3, -0.25) is 4.68 Å². The van der Waals surface area contributed by atoms with Gasteiger partial charge in [-0.15, -0.1) is 0 Å². The molecule has 1 unspecified atom stereocenters. The topological polar surface area (TPSA) is 60.0 Å². The molecule has 0 radical (unpaired) electrons. The summed E-state index contributed by atoms with van der Waals surface area (Å²) in [5.74, 6) is 0.926. The van der Waals surface area contributed by atoms with Gasteiger partial charge in [-0.2, -0.15) is 14.7 Å². The monoisotopic (exact) mass is 346 g/mol. The predicted molar refractivity (Wildman–Crippen MR) is 103 cm³/mol. The van der Waals surface area contributed by atoms with Gasteiger partial charge in [0.05, 0.1) is 23.1 Å². The van der Waals surface area contributed by atoms with Crippen molar-refractivity contribution < 1.29 is 0 Å². The maximum absolute atomic E-state index is 4.78. The number of nitrogens with one attached hydrogen (secondary N) is 1. The van der Waals surface area contributed by atoms with E-state index in [1.165, 1.54) is 0 Å². The Labute approximate surface area is 152 Å². The molecule has 0 saturated heterocycles. The van der Waals surface area contributed by atoms with E-state index in [9.17, 15) is 0 Å². The third kappa shape index (κ3) is 2.94. The van der Waals surface area contributed by atoms with Crippen LogP contribution in [0.4, 0.5) is 5.82 Å². The van der Waals surface area contributed by atoms with Gasteiger partial charge in [0.15, 0.2) is 5.65 Å². The Balaban J connectivity index is 1.81. The third-order valence-electron chi connectivity index (χ3n) is 4.57. The molecule has 0 spiro atoms. The van der Waals surface area contributed by atoms with Crippen LogP contribution in [-0.2, 0) is 7.05 Å². The summed E-state index contributed by atoms with van der Waals surface area (Å²) in [7, 11) is 1.97. The first-order valence-corrected chi connectivity index (χ1v) is 8.83. The van der Waals surface area contributed by atoms with E-state index in [-0.39, 0.29) is 6.04 Å². The molecule has 0 aliphatic carbocycles. The first kappa shape index (κ1) is 16.3. The van der Waals surface area contributed by atoms with Crippen LogP contribution in [0.5, 0.6) is 0 Å². The fraction of sp³-hybridized carbons (Fsp3) is 0.250. The van der Waals surface area contributed by atoms with Crippen molar-refractivity contribution in [1.82, 2.24) is 24.4 Å². The van der Waals surface area contributed by atoms with E-state index in [1.54, 1.807) is 0 Å². The summed E-state index contributed by atoms with van der Waals surface area (Å²) < 4.78 is 3.78. The highest BCUT2D eigenvalue weighted by atomic mass is 15.3. The quantitative estimate of drug-likeness (QED) is 0.593. The van der Waals surface area contributed by atoms with Crippen LogP contribution in [0.2, 0.25) is 0 Å². The smallest absolute Gasteiger partial charge is 0.158 e. The summed E-state index contributed by atoms with van der Waals surface area (Å²) in [5, 5.41) is 12.5. The minimum absolute atomic E-state index is 0.140. The van der Waals surface area contributed by atoms with Gasteiger partial charge >= 0.3 is 0 Å². The minimum atomic E-state index is 0.140. The fourth-order valence-electron chi connectivity index (χ4n) is 3.24. The zero-order chi connectivity index (χ0) is 18.1. The second kappa shape index (κ2) is 6.63. The Morgan fingerprint density at radius 2 is 1.92 bits per heavy atom. The SMILES string of the molecule is CCC(Nc1cc(-c2ccccc2)nc2cc(C)nn12)c1ccnn1C. The summed E-state index contributed by atoms with van der Waals surface area (Å²) >= 11 is 0. The Hall–Kier alpha value is -3.15. The second-order valence-electron chi connectivity index (χ2n) is 6.43. The number of anilines is 1. The maximum Gasteiger partial charge on any atom is 0.158 e. The van der Waals surface area contributed by atoms with Crippen LogP contribution in [0.15, 0.2) is 54.7 Å².